The second-order valence-corrected chi connectivity index (χ2v) is 10.4. The summed E-state index contributed by atoms with van der Waals surface area (Å²) in [5, 5.41) is 11.0. The van der Waals surface area contributed by atoms with E-state index in [9.17, 15) is 23.1 Å². The van der Waals surface area contributed by atoms with Gasteiger partial charge in [-0.2, -0.15) is 13.2 Å². The summed E-state index contributed by atoms with van der Waals surface area (Å²) in [6.07, 6.45) is -5.19. The van der Waals surface area contributed by atoms with Gasteiger partial charge in [-0.15, -0.1) is 6.58 Å². The van der Waals surface area contributed by atoms with Gasteiger partial charge in [0.05, 0.1) is 11.5 Å². The molecule has 0 aliphatic carbocycles. The molecular weight excluding hydrogens is 498 g/mol. The molecule has 5 atom stereocenters. The summed E-state index contributed by atoms with van der Waals surface area (Å²) in [7, 11) is 0. The molecule has 3 rings (SSSR count). The smallest absolute Gasteiger partial charge is 0.384 e. The van der Waals surface area contributed by atoms with Gasteiger partial charge in [-0.25, -0.2) is 0 Å². The number of aliphatic hydroxyl groups is 1. The molecule has 1 N–H and O–H groups in total. The fraction of sp³-hybridized carbons (Fsp3) is 0.444. The molecule has 8 heteroatoms. The normalized spacial score (nSPS) is 24.8. The third kappa shape index (κ3) is 6.04. The van der Waals surface area contributed by atoms with Crippen LogP contribution in [0.5, 0.6) is 0 Å². The van der Waals surface area contributed by atoms with Crippen molar-refractivity contribution in [1.82, 2.24) is 4.90 Å². The van der Waals surface area contributed by atoms with Gasteiger partial charge in [-0.1, -0.05) is 67.4 Å². The molecule has 0 saturated carbocycles. The van der Waals surface area contributed by atoms with Crippen molar-refractivity contribution in [2.75, 3.05) is 0 Å². The molecule has 0 spiro atoms. The van der Waals surface area contributed by atoms with Crippen LogP contribution in [0.1, 0.15) is 62.6 Å². The van der Waals surface area contributed by atoms with Crippen LogP contribution < -0.4 is 0 Å². The topological polar surface area (TPSA) is 40.5 Å². The van der Waals surface area contributed by atoms with Gasteiger partial charge >= 0.3 is 6.18 Å². The highest BCUT2D eigenvalue weighted by atomic mass is 35.5. The standard InChI is InChI=1S/C27H30Cl2F3NO2/c1-4-13-26(3)16-22(18-7-6-8-20(29)14-18)24(17-9-11-19(28)12-10-17)33(25(26)35)21(5-2)15-23(34)27(30,31)32/h4,6-12,14,21-24,34H,1,5,13,15-16H2,2-3H3. The summed E-state index contributed by atoms with van der Waals surface area (Å²) >= 11 is 12.4. The number of nitrogens with zero attached hydrogens (tertiary/aromatic N) is 1. The van der Waals surface area contributed by atoms with Crippen LogP contribution in [0.15, 0.2) is 61.2 Å². The highest BCUT2D eigenvalue weighted by Gasteiger charge is 2.52. The summed E-state index contributed by atoms with van der Waals surface area (Å²) in [5.74, 6) is -0.508. The average molecular weight is 528 g/mol. The fourth-order valence-corrected chi connectivity index (χ4v) is 5.48. The lowest BCUT2D eigenvalue weighted by Gasteiger charge is -2.52. The molecule has 190 valence electrons. The van der Waals surface area contributed by atoms with E-state index >= 15 is 0 Å². The number of hydrogen-bond acceptors (Lipinski definition) is 2. The molecular formula is C27H30Cl2F3NO2. The number of carbonyl (C=O) groups excluding carboxylic acids is 1. The second-order valence-electron chi connectivity index (χ2n) is 9.48. The van der Waals surface area contributed by atoms with Crippen LogP contribution in [-0.4, -0.2) is 34.2 Å². The van der Waals surface area contributed by atoms with E-state index in [1.165, 1.54) is 0 Å². The van der Waals surface area contributed by atoms with Crippen LogP contribution in [0.2, 0.25) is 10.0 Å². The summed E-state index contributed by atoms with van der Waals surface area (Å²) in [6, 6.07) is 12.9. The number of hydrogen-bond donors (Lipinski definition) is 1. The van der Waals surface area contributed by atoms with Crippen molar-refractivity contribution in [2.24, 2.45) is 5.41 Å². The van der Waals surface area contributed by atoms with Crippen molar-refractivity contribution in [1.29, 1.82) is 0 Å². The highest BCUT2D eigenvalue weighted by molar-refractivity contribution is 6.30. The molecule has 1 saturated heterocycles. The van der Waals surface area contributed by atoms with Gasteiger partial charge in [-0.3, -0.25) is 4.79 Å². The largest absolute Gasteiger partial charge is 0.414 e. The van der Waals surface area contributed by atoms with Crippen molar-refractivity contribution in [2.45, 2.75) is 69.8 Å². The first-order chi connectivity index (χ1) is 16.4. The van der Waals surface area contributed by atoms with E-state index < -0.39 is 36.2 Å². The number of benzene rings is 2. The quantitative estimate of drug-likeness (QED) is 0.357. The Kier molecular flexibility index (Phi) is 8.61. The zero-order valence-electron chi connectivity index (χ0n) is 19.7. The predicted molar refractivity (Wildman–Crippen MR) is 134 cm³/mol. The summed E-state index contributed by atoms with van der Waals surface area (Å²) in [6.45, 7) is 7.36. The van der Waals surface area contributed by atoms with Crippen molar-refractivity contribution in [3.05, 3.63) is 82.4 Å². The van der Waals surface area contributed by atoms with E-state index in [0.717, 1.165) is 11.1 Å². The highest BCUT2D eigenvalue weighted by Crippen LogP contribution is 2.52. The minimum Gasteiger partial charge on any atom is -0.384 e. The SMILES string of the molecule is C=CCC1(C)CC(c2cccc(Cl)c2)C(c2ccc(Cl)cc2)N(C(CC)CC(O)C(F)(F)F)C1=O. The molecule has 0 radical (unpaired) electrons. The molecule has 35 heavy (non-hydrogen) atoms. The van der Waals surface area contributed by atoms with E-state index in [4.69, 9.17) is 23.2 Å². The Hall–Kier alpha value is -2.02. The minimum atomic E-state index is -4.78. The maximum absolute atomic E-state index is 14.0. The number of allylic oxidation sites excluding steroid dienone is 1. The van der Waals surface area contributed by atoms with Gasteiger partial charge in [0.2, 0.25) is 5.91 Å². The number of halogens is 5. The van der Waals surface area contributed by atoms with Crippen LogP contribution in [0.3, 0.4) is 0 Å². The number of rotatable bonds is 8. The van der Waals surface area contributed by atoms with Crippen molar-refractivity contribution in [3.63, 3.8) is 0 Å². The Bertz CT molecular complexity index is 1040. The molecule has 1 aliphatic heterocycles. The number of carbonyl (C=O) groups is 1. The molecule has 0 bridgehead atoms. The molecule has 5 unspecified atom stereocenters. The number of piperidine rings is 1. The Morgan fingerprint density at radius 1 is 1.17 bits per heavy atom. The first-order valence-corrected chi connectivity index (χ1v) is 12.4. The van der Waals surface area contributed by atoms with Crippen molar-refractivity contribution >= 4 is 29.1 Å². The molecule has 0 aromatic heterocycles. The zero-order valence-corrected chi connectivity index (χ0v) is 21.2. The van der Waals surface area contributed by atoms with Crippen LogP contribution in [0, 0.1) is 5.41 Å². The molecule has 1 heterocycles. The Morgan fingerprint density at radius 2 is 1.83 bits per heavy atom. The Morgan fingerprint density at radius 3 is 2.37 bits per heavy atom. The van der Waals surface area contributed by atoms with Crippen LogP contribution >= 0.6 is 23.2 Å². The van der Waals surface area contributed by atoms with Gasteiger partial charge < -0.3 is 10.0 Å². The van der Waals surface area contributed by atoms with E-state index in [1.54, 1.807) is 48.2 Å². The van der Waals surface area contributed by atoms with Crippen molar-refractivity contribution < 1.29 is 23.1 Å². The maximum atomic E-state index is 14.0. The lowest BCUT2D eigenvalue weighted by molar-refractivity contribution is -0.211. The summed E-state index contributed by atoms with van der Waals surface area (Å²) in [5.41, 5.74) is 0.763. The number of alkyl halides is 3. The fourth-order valence-electron chi connectivity index (χ4n) is 5.16. The number of aliphatic hydroxyl groups excluding tert-OH is 1. The molecule has 1 amide bonds. The molecule has 3 nitrogen and oxygen atoms in total. The summed E-state index contributed by atoms with van der Waals surface area (Å²) < 4.78 is 40.0. The minimum absolute atomic E-state index is 0.245. The maximum Gasteiger partial charge on any atom is 0.414 e. The third-order valence-electron chi connectivity index (χ3n) is 6.92. The van der Waals surface area contributed by atoms with Crippen LogP contribution in [0.4, 0.5) is 13.2 Å². The Balaban J connectivity index is 2.21. The van der Waals surface area contributed by atoms with E-state index in [1.807, 2.05) is 25.1 Å². The van der Waals surface area contributed by atoms with E-state index in [-0.39, 0.29) is 18.2 Å². The lowest BCUT2D eigenvalue weighted by atomic mass is 9.67. The van der Waals surface area contributed by atoms with Gasteiger partial charge in [0.25, 0.3) is 0 Å². The first kappa shape index (κ1) is 27.6. The predicted octanol–water partition coefficient (Wildman–Crippen LogP) is 7.72. The monoisotopic (exact) mass is 527 g/mol. The van der Waals surface area contributed by atoms with E-state index in [2.05, 4.69) is 6.58 Å². The Labute approximate surface area is 214 Å². The average Bonchev–Trinajstić information content (AvgIpc) is 2.79. The molecule has 1 aliphatic rings. The second kappa shape index (κ2) is 10.9. The van der Waals surface area contributed by atoms with Gasteiger partial charge in [-0.05, 0) is 54.7 Å². The van der Waals surface area contributed by atoms with E-state index in [0.29, 0.717) is 22.9 Å². The zero-order chi connectivity index (χ0) is 26.0. The molecule has 2 aromatic carbocycles. The first-order valence-electron chi connectivity index (χ1n) is 11.6. The van der Waals surface area contributed by atoms with Crippen LogP contribution in [-0.2, 0) is 4.79 Å². The third-order valence-corrected chi connectivity index (χ3v) is 7.41. The molecule has 1 fully saturated rings. The van der Waals surface area contributed by atoms with Gasteiger partial charge in [0.15, 0.2) is 6.10 Å². The number of likely N-dealkylation sites (tertiary alicyclic amines) is 1. The van der Waals surface area contributed by atoms with Gasteiger partial charge in [0.1, 0.15) is 0 Å². The molecule has 2 aromatic rings. The number of amides is 1. The summed E-state index contributed by atoms with van der Waals surface area (Å²) in [4.78, 5) is 15.6. The van der Waals surface area contributed by atoms with Crippen molar-refractivity contribution in [3.8, 4) is 0 Å². The lowest BCUT2D eigenvalue weighted by Crippen LogP contribution is -2.56. The van der Waals surface area contributed by atoms with Gasteiger partial charge in [0, 0.05) is 28.4 Å². The van der Waals surface area contributed by atoms with Crippen LogP contribution in [0.25, 0.3) is 0 Å².